The first-order valence-electron chi connectivity index (χ1n) is 21.5. The summed E-state index contributed by atoms with van der Waals surface area (Å²) in [5.41, 5.74) is 15.0. The summed E-state index contributed by atoms with van der Waals surface area (Å²) >= 11 is 0. The number of hydrogen-bond donors (Lipinski definition) is 0. The van der Waals surface area contributed by atoms with Gasteiger partial charge in [0.05, 0.1) is 33.4 Å². The fourth-order valence-corrected chi connectivity index (χ4v) is 8.98. The van der Waals surface area contributed by atoms with Crippen LogP contribution in [0, 0.1) is 20.2 Å². The molecular formula is C56H56N4O. The smallest absolute Gasteiger partial charge is 0.269 e. The van der Waals surface area contributed by atoms with Crippen molar-refractivity contribution in [3.63, 3.8) is 0 Å². The van der Waals surface area contributed by atoms with Crippen LogP contribution in [0.15, 0.2) is 140 Å². The topological polar surface area (TPSA) is 35.9 Å². The van der Waals surface area contributed by atoms with Crippen LogP contribution in [-0.4, -0.2) is 14.1 Å². The monoisotopic (exact) mass is 800 g/mol. The Labute approximate surface area is 360 Å². The third-order valence-corrected chi connectivity index (χ3v) is 12.1. The summed E-state index contributed by atoms with van der Waals surface area (Å²) in [7, 11) is 0. The molecule has 3 heterocycles. The number of rotatable bonds is 6. The SMILES string of the molecule is Cc1cccc(C)c1-c1ccc2c(c1)[n+](-c1c(C(C)(C)C)cccc1C(C)(C)C)[c-]n2-c1cccc(Oc2ccc3c4ccccc4n(-c4cc(C(C)(C)C)ccn4)c3c2)c1. The molecule has 0 spiro atoms. The average Bonchev–Trinajstić information content (AvgIpc) is 3.75. The number of hydrogen-bond acceptors (Lipinski definition) is 2. The van der Waals surface area contributed by atoms with Gasteiger partial charge >= 0.3 is 0 Å². The van der Waals surface area contributed by atoms with E-state index >= 15 is 0 Å². The van der Waals surface area contributed by atoms with Crippen molar-refractivity contribution in [1.29, 1.82) is 0 Å². The minimum absolute atomic E-state index is 0.00932. The molecule has 0 amide bonds. The lowest BCUT2D eigenvalue weighted by molar-refractivity contribution is -0.574. The molecule has 5 heteroatoms. The molecule has 0 aliphatic heterocycles. The van der Waals surface area contributed by atoms with E-state index in [0.717, 1.165) is 50.5 Å². The van der Waals surface area contributed by atoms with Gasteiger partial charge in [-0.25, -0.2) is 4.98 Å². The highest BCUT2D eigenvalue weighted by Crippen LogP contribution is 2.39. The molecule has 0 saturated carbocycles. The first-order chi connectivity index (χ1) is 29.0. The maximum absolute atomic E-state index is 6.78. The molecule has 0 saturated heterocycles. The lowest BCUT2D eigenvalue weighted by Crippen LogP contribution is -2.37. The van der Waals surface area contributed by atoms with Crippen LogP contribution in [0.25, 0.3) is 61.2 Å². The van der Waals surface area contributed by atoms with Crippen LogP contribution >= 0.6 is 0 Å². The van der Waals surface area contributed by atoms with Crippen molar-refractivity contribution in [3.8, 4) is 39.8 Å². The molecule has 0 aliphatic carbocycles. The van der Waals surface area contributed by atoms with Gasteiger partial charge in [-0.2, -0.15) is 0 Å². The zero-order valence-corrected chi connectivity index (χ0v) is 37.5. The third-order valence-electron chi connectivity index (χ3n) is 12.1. The van der Waals surface area contributed by atoms with Crippen LogP contribution in [0.3, 0.4) is 0 Å². The zero-order chi connectivity index (χ0) is 43.0. The van der Waals surface area contributed by atoms with Crippen LogP contribution in [-0.2, 0) is 16.2 Å². The van der Waals surface area contributed by atoms with Crippen molar-refractivity contribution >= 4 is 32.8 Å². The van der Waals surface area contributed by atoms with Crippen molar-refractivity contribution in [3.05, 3.63) is 174 Å². The number of aromatic nitrogens is 4. The van der Waals surface area contributed by atoms with Gasteiger partial charge in [0.25, 0.3) is 6.33 Å². The maximum Gasteiger partial charge on any atom is 0.269 e. The lowest BCUT2D eigenvalue weighted by Gasteiger charge is -2.30. The largest absolute Gasteiger partial charge is 0.458 e. The number of benzene rings is 6. The van der Waals surface area contributed by atoms with Gasteiger partial charge in [0.1, 0.15) is 17.3 Å². The number of para-hydroxylation sites is 2. The average molecular weight is 801 g/mol. The molecule has 3 aromatic heterocycles. The number of pyridine rings is 1. The van der Waals surface area contributed by atoms with E-state index in [1.54, 1.807) is 0 Å². The number of nitrogens with zero attached hydrogens (tertiary/aromatic N) is 4. The summed E-state index contributed by atoms with van der Waals surface area (Å²) in [6.45, 7) is 24.9. The molecule has 9 aromatic rings. The normalized spacial score (nSPS) is 12.5. The molecule has 0 aliphatic rings. The van der Waals surface area contributed by atoms with Gasteiger partial charge in [0, 0.05) is 23.0 Å². The van der Waals surface area contributed by atoms with E-state index in [1.807, 2.05) is 12.3 Å². The van der Waals surface area contributed by atoms with Crippen molar-refractivity contribution in [2.45, 2.75) is 92.4 Å². The molecular weight excluding hydrogens is 745 g/mol. The van der Waals surface area contributed by atoms with E-state index in [1.165, 1.54) is 50.0 Å². The van der Waals surface area contributed by atoms with Crippen LogP contribution < -0.4 is 9.30 Å². The molecule has 0 N–H and O–H groups in total. The van der Waals surface area contributed by atoms with Crippen LogP contribution in [0.2, 0.25) is 0 Å². The second kappa shape index (κ2) is 14.6. The van der Waals surface area contributed by atoms with E-state index in [2.05, 4.69) is 224 Å². The first-order valence-corrected chi connectivity index (χ1v) is 21.5. The summed E-state index contributed by atoms with van der Waals surface area (Å²) in [5, 5.41) is 2.34. The molecule has 61 heavy (non-hydrogen) atoms. The summed E-state index contributed by atoms with van der Waals surface area (Å²) in [4.78, 5) is 4.89. The molecule has 0 bridgehead atoms. The van der Waals surface area contributed by atoms with Gasteiger partial charge in [0.15, 0.2) is 0 Å². The Morgan fingerprint density at radius 2 is 1.21 bits per heavy atom. The standard InChI is InChI=1S/C56H56N4O/c1-36-17-14-18-37(2)52(36)38-25-28-48-50(31-38)59(53-45(55(6,7)8)22-16-23-46(53)56(9,10)11)35-58(48)40-19-15-20-41(33-40)61-42-26-27-44-43-21-12-13-24-47(43)60(49(44)34-42)51-32-39(29-30-57-51)54(3,4)5/h12-34H,1-11H3. The van der Waals surface area contributed by atoms with Gasteiger partial charge in [-0.3, -0.25) is 13.7 Å². The Balaban J connectivity index is 1.20. The third kappa shape index (κ3) is 7.20. The highest BCUT2D eigenvalue weighted by atomic mass is 16.5. The van der Waals surface area contributed by atoms with E-state index in [-0.39, 0.29) is 16.2 Å². The predicted octanol–water partition coefficient (Wildman–Crippen LogP) is 14.2. The second-order valence-electron chi connectivity index (χ2n) is 19.7. The summed E-state index contributed by atoms with van der Waals surface area (Å²) in [6.07, 6.45) is 5.81. The van der Waals surface area contributed by atoms with E-state index < -0.39 is 0 Å². The first kappa shape index (κ1) is 40.0. The van der Waals surface area contributed by atoms with Crippen molar-refractivity contribution in [2.75, 3.05) is 0 Å². The number of imidazole rings is 1. The Morgan fingerprint density at radius 1 is 0.557 bits per heavy atom. The van der Waals surface area contributed by atoms with Gasteiger partial charge < -0.3 is 4.74 Å². The Morgan fingerprint density at radius 3 is 1.92 bits per heavy atom. The number of aryl methyl sites for hydroxylation is 2. The van der Waals surface area contributed by atoms with Gasteiger partial charge in [-0.1, -0.05) is 135 Å². The molecule has 5 nitrogen and oxygen atoms in total. The molecule has 9 rings (SSSR count). The predicted molar refractivity (Wildman–Crippen MR) is 253 cm³/mol. The van der Waals surface area contributed by atoms with Crippen LogP contribution in [0.1, 0.15) is 90.1 Å². The fraction of sp³-hybridized carbons (Fsp3) is 0.250. The van der Waals surface area contributed by atoms with Gasteiger partial charge in [0.2, 0.25) is 0 Å². The van der Waals surface area contributed by atoms with Crippen molar-refractivity contribution in [2.24, 2.45) is 0 Å². The Hall–Kier alpha value is -6.46. The second-order valence-corrected chi connectivity index (χ2v) is 19.7. The maximum atomic E-state index is 6.78. The Bertz CT molecular complexity index is 3090. The molecule has 0 unspecified atom stereocenters. The highest BCUT2D eigenvalue weighted by Gasteiger charge is 2.29. The molecule has 0 fully saturated rings. The van der Waals surface area contributed by atoms with E-state index in [0.29, 0.717) is 0 Å². The van der Waals surface area contributed by atoms with E-state index in [9.17, 15) is 0 Å². The molecule has 306 valence electrons. The molecule has 0 radical (unpaired) electrons. The number of fused-ring (bicyclic) bond motifs is 4. The summed E-state index contributed by atoms with van der Waals surface area (Å²) < 4.78 is 13.5. The van der Waals surface area contributed by atoms with Gasteiger partial charge in [-0.05, 0) is 124 Å². The molecule has 6 aromatic carbocycles. The summed E-state index contributed by atoms with van der Waals surface area (Å²) in [5.74, 6) is 2.39. The fourth-order valence-electron chi connectivity index (χ4n) is 8.98. The zero-order valence-electron chi connectivity index (χ0n) is 37.5. The quantitative estimate of drug-likeness (QED) is 0.124. The lowest BCUT2D eigenvalue weighted by atomic mass is 9.78. The minimum atomic E-state index is -0.109. The van der Waals surface area contributed by atoms with Crippen molar-refractivity contribution in [1.82, 2.24) is 14.1 Å². The Kier molecular flexibility index (Phi) is 9.58. The summed E-state index contributed by atoms with van der Waals surface area (Å²) in [6, 6.07) is 47.8. The van der Waals surface area contributed by atoms with Gasteiger partial charge in [-0.15, -0.1) is 0 Å². The van der Waals surface area contributed by atoms with Crippen LogP contribution in [0.5, 0.6) is 11.5 Å². The van der Waals surface area contributed by atoms with E-state index in [4.69, 9.17) is 9.72 Å². The molecule has 0 atom stereocenters. The highest BCUT2D eigenvalue weighted by molar-refractivity contribution is 6.09. The van der Waals surface area contributed by atoms with Crippen LogP contribution in [0.4, 0.5) is 0 Å². The number of ether oxygens (including phenoxy) is 1. The van der Waals surface area contributed by atoms with Crippen molar-refractivity contribution < 1.29 is 9.30 Å². The minimum Gasteiger partial charge on any atom is -0.458 e.